The number of fused-ring (bicyclic) bond motifs is 3. The Kier molecular flexibility index (Phi) is 5.65. The third-order valence-corrected chi connectivity index (χ3v) is 6.97. The molecular weight excluding hydrogens is 436 g/mol. The van der Waals surface area contributed by atoms with Gasteiger partial charge in [-0.05, 0) is 33.6 Å². The second kappa shape index (κ2) is 7.95. The fourth-order valence-corrected chi connectivity index (χ4v) is 4.66. The smallest absolute Gasteiger partial charge is 0.341 e. The van der Waals surface area contributed by atoms with Crippen LogP contribution in [-0.4, -0.2) is 72.7 Å². The number of hydrogen-bond donors (Lipinski definition) is 0. The van der Waals surface area contributed by atoms with E-state index in [1.807, 2.05) is 6.92 Å². The van der Waals surface area contributed by atoms with Crippen LogP contribution in [0.15, 0.2) is 23.8 Å². The lowest BCUT2D eigenvalue weighted by atomic mass is 9.80. The molecule has 8 atom stereocenters. The van der Waals surface area contributed by atoms with Crippen molar-refractivity contribution in [3.8, 4) is 0 Å². The van der Waals surface area contributed by atoms with Gasteiger partial charge in [-0.1, -0.05) is 12.7 Å². The van der Waals surface area contributed by atoms with Gasteiger partial charge in [-0.25, -0.2) is 14.4 Å². The average Bonchev–Trinajstić information content (AvgIpc) is 3.57. The minimum Gasteiger partial charge on any atom is -0.466 e. The van der Waals surface area contributed by atoms with Crippen molar-refractivity contribution >= 4 is 23.9 Å². The zero-order chi connectivity index (χ0) is 24.3. The molecule has 3 aliphatic heterocycles. The maximum Gasteiger partial charge on any atom is 0.341 e. The number of methoxy groups -OCH3 is 1. The Labute approximate surface area is 191 Å². The summed E-state index contributed by atoms with van der Waals surface area (Å²) < 4.78 is 33.2. The maximum absolute atomic E-state index is 13.1. The van der Waals surface area contributed by atoms with Crippen LogP contribution in [0.5, 0.6) is 0 Å². The second-order valence-corrected chi connectivity index (χ2v) is 9.23. The van der Waals surface area contributed by atoms with Crippen LogP contribution in [-0.2, 0) is 47.6 Å². The molecule has 4 aliphatic rings. The van der Waals surface area contributed by atoms with Crippen LogP contribution in [0, 0.1) is 5.92 Å². The largest absolute Gasteiger partial charge is 0.466 e. The molecule has 0 bridgehead atoms. The first kappa shape index (κ1) is 23.4. The van der Waals surface area contributed by atoms with Crippen molar-refractivity contribution in [3.05, 3.63) is 23.8 Å². The first-order valence-electron chi connectivity index (χ1n) is 10.8. The quantitative estimate of drug-likeness (QED) is 0.258. The van der Waals surface area contributed by atoms with Gasteiger partial charge in [-0.3, -0.25) is 4.79 Å². The molecule has 1 aliphatic carbocycles. The maximum atomic E-state index is 13.1. The normalized spacial score (nSPS) is 43.1. The first-order chi connectivity index (χ1) is 15.4. The fourth-order valence-electron chi connectivity index (χ4n) is 4.66. The summed E-state index contributed by atoms with van der Waals surface area (Å²) in [6.45, 7) is 10.2. The molecule has 0 aromatic carbocycles. The van der Waals surface area contributed by atoms with Gasteiger partial charge < -0.3 is 28.4 Å². The van der Waals surface area contributed by atoms with Gasteiger partial charge >= 0.3 is 23.9 Å². The van der Waals surface area contributed by atoms with Gasteiger partial charge in [0.25, 0.3) is 0 Å². The lowest BCUT2D eigenvalue weighted by Crippen LogP contribution is -2.49. The van der Waals surface area contributed by atoms with Crippen molar-refractivity contribution in [2.75, 3.05) is 7.11 Å². The van der Waals surface area contributed by atoms with Crippen molar-refractivity contribution in [1.29, 1.82) is 0 Å². The van der Waals surface area contributed by atoms with Gasteiger partial charge in [-0.15, -0.1) is 0 Å². The Balaban J connectivity index is 1.82. The average molecular weight is 464 g/mol. The minimum absolute atomic E-state index is 0.00554. The molecule has 3 fully saturated rings. The minimum atomic E-state index is -1.36. The topological polar surface area (TPSA) is 130 Å². The van der Waals surface area contributed by atoms with Crippen LogP contribution < -0.4 is 0 Å². The van der Waals surface area contributed by atoms with Crippen LogP contribution in [0.25, 0.3) is 0 Å². The summed E-state index contributed by atoms with van der Waals surface area (Å²) in [5.74, 6) is -3.79. The highest BCUT2D eigenvalue weighted by Crippen LogP contribution is 2.51. The Morgan fingerprint density at radius 1 is 1.18 bits per heavy atom. The Morgan fingerprint density at radius 2 is 1.85 bits per heavy atom. The molecule has 0 saturated carbocycles. The molecule has 0 aromatic heterocycles. The van der Waals surface area contributed by atoms with E-state index in [0.717, 1.165) is 0 Å². The molecular formula is C23H28O10. The molecule has 180 valence electrons. The zero-order valence-electron chi connectivity index (χ0n) is 19.2. The summed E-state index contributed by atoms with van der Waals surface area (Å²) in [6.07, 6.45) is -1.87. The van der Waals surface area contributed by atoms with Crippen molar-refractivity contribution < 1.29 is 47.6 Å². The van der Waals surface area contributed by atoms with E-state index in [9.17, 15) is 19.2 Å². The van der Waals surface area contributed by atoms with E-state index < -0.39 is 65.4 Å². The molecule has 33 heavy (non-hydrogen) atoms. The van der Waals surface area contributed by atoms with Crippen LogP contribution in [0.4, 0.5) is 0 Å². The van der Waals surface area contributed by atoms with Gasteiger partial charge in [0.2, 0.25) is 0 Å². The highest BCUT2D eigenvalue weighted by molar-refractivity contribution is 5.93. The number of rotatable bonds is 4. The summed E-state index contributed by atoms with van der Waals surface area (Å²) in [5.41, 5.74) is -1.77. The molecule has 10 heteroatoms. The summed E-state index contributed by atoms with van der Waals surface area (Å²) in [5, 5.41) is 0. The van der Waals surface area contributed by atoms with Crippen LogP contribution >= 0.6 is 0 Å². The number of epoxide rings is 2. The predicted molar refractivity (Wildman–Crippen MR) is 110 cm³/mol. The van der Waals surface area contributed by atoms with E-state index in [-0.39, 0.29) is 17.3 Å². The highest BCUT2D eigenvalue weighted by atomic mass is 16.7. The van der Waals surface area contributed by atoms with Crippen molar-refractivity contribution in [3.63, 3.8) is 0 Å². The molecule has 0 unspecified atom stereocenters. The molecule has 4 rings (SSSR count). The first-order valence-corrected chi connectivity index (χ1v) is 10.8. The van der Waals surface area contributed by atoms with Crippen molar-refractivity contribution in [2.24, 2.45) is 5.92 Å². The third-order valence-electron chi connectivity index (χ3n) is 6.97. The van der Waals surface area contributed by atoms with Crippen LogP contribution in [0.1, 0.15) is 40.5 Å². The van der Waals surface area contributed by atoms with E-state index in [4.69, 9.17) is 28.4 Å². The molecule has 0 aromatic rings. The Morgan fingerprint density at radius 3 is 2.42 bits per heavy atom. The second-order valence-electron chi connectivity index (χ2n) is 9.23. The molecule has 3 heterocycles. The molecule has 0 amide bonds. The number of esters is 4. The van der Waals surface area contributed by atoms with Gasteiger partial charge in [0.15, 0.2) is 17.8 Å². The van der Waals surface area contributed by atoms with E-state index in [1.165, 1.54) is 14.0 Å². The number of carbonyl (C=O) groups excluding carboxylic acids is 4. The van der Waals surface area contributed by atoms with E-state index in [1.54, 1.807) is 19.9 Å². The van der Waals surface area contributed by atoms with Crippen molar-refractivity contribution in [1.82, 2.24) is 0 Å². The van der Waals surface area contributed by atoms with E-state index in [2.05, 4.69) is 6.58 Å². The predicted octanol–water partition coefficient (Wildman–Crippen LogP) is 1.16. The van der Waals surface area contributed by atoms with Gasteiger partial charge in [0.1, 0.15) is 12.2 Å². The molecule has 0 spiro atoms. The molecule has 0 radical (unpaired) electrons. The standard InChI is InChI=1S/C23H28O10/c1-10-14-16(31-21(27)23(5)11(2)32-23)15(29-12(3)24)13(20(26)28-6)8-7-9-22(4)18(33-22)17(14)30-19(10)25/h8,11,14-18H,1,7,9H2,2-6H3/b13-8-/t11-,14+,15-,16-,17-,18+,22+,23-/m0/s1. The SMILES string of the molecule is C=C1C(=O)O[C@H]2[C@H]1[C@H](OC(=O)[C@@]1(C)O[C@H]1C)[C@@H](OC(C)=O)/C(C(=O)OC)=C/CC[C@@]1(C)O[C@H]21. The fraction of sp³-hybridized carbons (Fsp3) is 0.652. The van der Waals surface area contributed by atoms with Gasteiger partial charge in [0, 0.05) is 12.5 Å². The molecule has 10 nitrogen and oxygen atoms in total. The molecule has 3 saturated heterocycles. The van der Waals surface area contributed by atoms with Crippen molar-refractivity contribution in [2.45, 2.75) is 82.3 Å². The summed E-state index contributed by atoms with van der Waals surface area (Å²) in [6, 6.07) is 0. The summed E-state index contributed by atoms with van der Waals surface area (Å²) >= 11 is 0. The number of allylic oxidation sites excluding steroid dienone is 1. The van der Waals surface area contributed by atoms with Gasteiger partial charge in [-0.2, -0.15) is 0 Å². The molecule has 0 N–H and O–H groups in total. The summed E-state index contributed by atoms with van der Waals surface area (Å²) in [7, 11) is 1.19. The third kappa shape index (κ3) is 3.95. The number of ether oxygens (including phenoxy) is 6. The van der Waals surface area contributed by atoms with E-state index >= 15 is 0 Å². The summed E-state index contributed by atoms with van der Waals surface area (Å²) in [4.78, 5) is 50.4. The Bertz CT molecular complexity index is 953. The highest BCUT2D eigenvalue weighted by Gasteiger charge is 2.66. The number of carbonyl (C=O) groups is 4. The Hall–Kier alpha value is -2.72. The van der Waals surface area contributed by atoms with Crippen LogP contribution in [0.2, 0.25) is 0 Å². The monoisotopic (exact) mass is 464 g/mol. The van der Waals surface area contributed by atoms with E-state index in [0.29, 0.717) is 12.8 Å². The lowest BCUT2D eigenvalue weighted by molar-refractivity contribution is -0.175. The lowest BCUT2D eigenvalue weighted by Gasteiger charge is -2.34. The zero-order valence-corrected chi connectivity index (χ0v) is 19.2. The van der Waals surface area contributed by atoms with Crippen LogP contribution in [0.3, 0.4) is 0 Å². The van der Waals surface area contributed by atoms with Gasteiger partial charge in [0.05, 0.1) is 30.3 Å². The number of hydrogen-bond acceptors (Lipinski definition) is 10.